The summed E-state index contributed by atoms with van der Waals surface area (Å²) in [5, 5.41) is 16.0. The molecule has 0 aliphatic heterocycles. The van der Waals surface area contributed by atoms with Crippen LogP contribution in [0.3, 0.4) is 0 Å². The number of rotatable bonds is 8. The van der Waals surface area contributed by atoms with Crippen molar-refractivity contribution in [3.05, 3.63) is 51.7 Å². The highest BCUT2D eigenvalue weighted by atomic mass is 32.1. The molecule has 0 spiro atoms. The summed E-state index contributed by atoms with van der Waals surface area (Å²) in [7, 11) is 3.33. The van der Waals surface area contributed by atoms with Crippen LogP contribution < -0.4 is 10.1 Å². The van der Waals surface area contributed by atoms with Crippen LogP contribution in [0, 0.1) is 0 Å². The van der Waals surface area contributed by atoms with Crippen LogP contribution in [0.2, 0.25) is 0 Å². The van der Waals surface area contributed by atoms with E-state index in [1.165, 1.54) is 0 Å². The van der Waals surface area contributed by atoms with Crippen molar-refractivity contribution in [1.29, 1.82) is 0 Å². The van der Waals surface area contributed by atoms with Crippen LogP contribution >= 0.6 is 11.3 Å². The lowest BCUT2D eigenvalue weighted by Gasteiger charge is -2.25. The third-order valence-corrected chi connectivity index (χ3v) is 5.03. The fourth-order valence-electron chi connectivity index (χ4n) is 2.48. The predicted molar refractivity (Wildman–Crippen MR) is 94.0 cm³/mol. The van der Waals surface area contributed by atoms with Crippen LogP contribution in [0.5, 0.6) is 5.75 Å². The van der Waals surface area contributed by atoms with Crippen molar-refractivity contribution in [2.45, 2.75) is 32.1 Å². The van der Waals surface area contributed by atoms with Gasteiger partial charge >= 0.3 is 0 Å². The highest BCUT2D eigenvalue weighted by molar-refractivity contribution is 7.10. The average molecular weight is 335 g/mol. The third-order valence-electron chi connectivity index (χ3n) is 3.91. The summed E-state index contributed by atoms with van der Waals surface area (Å²) in [6.45, 7) is 4.92. The first-order valence-corrected chi connectivity index (χ1v) is 8.51. The Morgan fingerprint density at radius 3 is 2.70 bits per heavy atom. The number of hydrogen-bond donors (Lipinski definition) is 2. The van der Waals surface area contributed by atoms with Crippen LogP contribution in [0.15, 0.2) is 35.7 Å². The highest BCUT2D eigenvalue weighted by Crippen LogP contribution is 2.27. The molecule has 0 radical (unpaired) electrons. The minimum atomic E-state index is -0.871. The molecule has 1 aromatic heterocycles. The van der Waals surface area contributed by atoms with Gasteiger partial charge in [0.05, 0.1) is 13.7 Å². The maximum atomic E-state index is 10.6. The topological polar surface area (TPSA) is 50.7 Å². The van der Waals surface area contributed by atoms with Crippen molar-refractivity contribution in [1.82, 2.24) is 5.32 Å². The molecule has 1 heterocycles. The number of benzene rings is 1. The number of ether oxygens (including phenoxy) is 2. The number of methoxy groups -OCH3 is 2. The fourth-order valence-corrected chi connectivity index (χ4v) is 3.26. The molecular weight excluding hydrogens is 310 g/mol. The molecule has 126 valence electrons. The second kappa shape index (κ2) is 7.93. The quantitative estimate of drug-likeness (QED) is 0.776. The lowest BCUT2D eigenvalue weighted by molar-refractivity contribution is 0.0581. The molecule has 5 heteroatoms. The van der Waals surface area contributed by atoms with E-state index in [1.54, 1.807) is 25.6 Å². The fraction of sp³-hybridized carbons (Fsp3) is 0.444. The number of aliphatic hydroxyl groups is 1. The predicted octanol–water partition coefficient (Wildman–Crippen LogP) is 3.46. The molecule has 0 amide bonds. The van der Waals surface area contributed by atoms with Gasteiger partial charge in [-0.05, 0) is 43.0 Å². The first kappa shape index (κ1) is 17.9. The van der Waals surface area contributed by atoms with E-state index in [1.807, 2.05) is 36.6 Å². The van der Waals surface area contributed by atoms with Crippen molar-refractivity contribution < 1.29 is 14.6 Å². The maximum absolute atomic E-state index is 10.6. The van der Waals surface area contributed by atoms with Gasteiger partial charge in [-0.2, -0.15) is 0 Å². The molecule has 0 aliphatic rings. The molecule has 0 saturated heterocycles. The van der Waals surface area contributed by atoms with Gasteiger partial charge in [-0.25, -0.2) is 0 Å². The SMILES string of the molecule is COCc1cc(C(C)NCC(C)(O)c2cccs2)ccc1OC. The molecule has 4 nitrogen and oxygen atoms in total. The summed E-state index contributed by atoms with van der Waals surface area (Å²) < 4.78 is 10.6. The van der Waals surface area contributed by atoms with Gasteiger partial charge in [0.15, 0.2) is 0 Å². The summed E-state index contributed by atoms with van der Waals surface area (Å²) in [6.07, 6.45) is 0. The second-order valence-corrected chi connectivity index (χ2v) is 6.81. The van der Waals surface area contributed by atoms with E-state index in [0.29, 0.717) is 13.2 Å². The van der Waals surface area contributed by atoms with Crippen molar-refractivity contribution in [3.63, 3.8) is 0 Å². The van der Waals surface area contributed by atoms with Crippen molar-refractivity contribution >= 4 is 11.3 Å². The van der Waals surface area contributed by atoms with E-state index in [9.17, 15) is 5.11 Å². The standard InChI is InChI=1S/C18H25NO3S/c1-13(19-12-18(2,20)17-6-5-9-23-17)14-7-8-16(22-4)15(10-14)11-21-3/h5-10,13,19-20H,11-12H2,1-4H3. The summed E-state index contributed by atoms with van der Waals surface area (Å²) >= 11 is 1.57. The molecule has 2 N–H and O–H groups in total. The average Bonchev–Trinajstić information content (AvgIpc) is 3.08. The van der Waals surface area contributed by atoms with Gasteiger partial charge in [-0.1, -0.05) is 12.1 Å². The molecule has 0 bridgehead atoms. The largest absolute Gasteiger partial charge is 0.496 e. The van der Waals surface area contributed by atoms with Gasteiger partial charge < -0.3 is 19.9 Å². The van der Waals surface area contributed by atoms with Crippen LogP contribution in [0.25, 0.3) is 0 Å². The molecule has 2 unspecified atom stereocenters. The summed E-state index contributed by atoms with van der Waals surface area (Å²) in [5.41, 5.74) is 1.29. The minimum absolute atomic E-state index is 0.114. The molecule has 23 heavy (non-hydrogen) atoms. The first-order valence-electron chi connectivity index (χ1n) is 7.63. The Kier molecular flexibility index (Phi) is 6.18. The Bertz CT molecular complexity index is 611. The van der Waals surface area contributed by atoms with Crippen molar-refractivity contribution in [2.24, 2.45) is 0 Å². The van der Waals surface area contributed by atoms with Crippen LogP contribution in [-0.2, 0) is 16.9 Å². The van der Waals surface area contributed by atoms with E-state index in [-0.39, 0.29) is 6.04 Å². The molecular formula is C18H25NO3S. The summed E-state index contributed by atoms with van der Waals surface area (Å²) in [4.78, 5) is 0.965. The Morgan fingerprint density at radius 1 is 1.30 bits per heavy atom. The Balaban J connectivity index is 2.05. The third kappa shape index (κ3) is 4.54. The van der Waals surface area contributed by atoms with Crippen LogP contribution in [0.4, 0.5) is 0 Å². The number of thiophene rings is 1. The van der Waals surface area contributed by atoms with Gasteiger partial charge in [0, 0.05) is 30.1 Å². The van der Waals surface area contributed by atoms with Crippen molar-refractivity contribution in [2.75, 3.05) is 20.8 Å². The lowest BCUT2D eigenvalue weighted by atomic mass is 10.0. The normalized spacial score (nSPS) is 15.2. The van der Waals surface area contributed by atoms with Gasteiger partial charge in [-0.3, -0.25) is 0 Å². The Labute approximate surface area is 142 Å². The minimum Gasteiger partial charge on any atom is -0.496 e. The van der Waals surface area contributed by atoms with Crippen LogP contribution in [0.1, 0.15) is 35.9 Å². The molecule has 1 aromatic carbocycles. The zero-order valence-corrected chi connectivity index (χ0v) is 14.9. The summed E-state index contributed by atoms with van der Waals surface area (Å²) in [5.74, 6) is 0.827. The van der Waals surface area contributed by atoms with E-state index >= 15 is 0 Å². The Morgan fingerprint density at radius 2 is 2.09 bits per heavy atom. The number of hydrogen-bond acceptors (Lipinski definition) is 5. The molecule has 0 fully saturated rings. The molecule has 2 aromatic rings. The van der Waals surface area contributed by atoms with Gasteiger partial charge in [0.1, 0.15) is 11.4 Å². The molecule has 0 saturated carbocycles. The maximum Gasteiger partial charge on any atom is 0.124 e. The number of nitrogens with one attached hydrogen (secondary N) is 1. The Hall–Kier alpha value is -1.40. The zero-order valence-electron chi connectivity index (χ0n) is 14.1. The molecule has 0 aliphatic carbocycles. The molecule has 2 atom stereocenters. The second-order valence-electron chi connectivity index (χ2n) is 5.86. The highest BCUT2D eigenvalue weighted by Gasteiger charge is 2.24. The monoisotopic (exact) mass is 335 g/mol. The molecule has 2 rings (SSSR count). The van der Waals surface area contributed by atoms with E-state index in [0.717, 1.165) is 21.8 Å². The van der Waals surface area contributed by atoms with Gasteiger partial charge in [0.2, 0.25) is 0 Å². The summed E-state index contributed by atoms with van der Waals surface area (Å²) in [6, 6.07) is 10.1. The van der Waals surface area contributed by atoms with E-state index in [4.69, 9.17) is 9.47 Å². The van der Waals surface area contributed by atoms with E-state index in [2.05, 4.69) is 18.3 Å². The zero-order chi connectivity index (χ0) is 16.9. The smallest absolute Gasteiger partial charge is 0.124 e. The first-order chi connectivity index (χ1) is 11.0. The van der Waals surface area contributed by atoms with E-state index < -0.39 is 5.60 Å². The van der Waals surface area contributed by atoms with Gasteiger partial charge in [-0.15, -0.1) is 11.3 Å². The van der Waals surface area contributed by atoms with Crippen molar-refractivity contribution in [3.8, 4) is 5.75 Å². The van der Waals surface area contributed by atoms with Crippen LogP contribution in [-0.4, -0.2) is 25.9 Å². The lowest BCUT2D eigenvalue weighted by Crippen LogP contribution is -2.36. The van der Waals surface area contributed by atoms with Gasteiger partial charge in [0.25, 0.3) is 0 Å².